The highest BCUT2D eigenvalue weighted by atomic mass is 32.1. The van der Waals surface area contributed by atoms with Crippen LogP contribution in [0.4, 0.5) is 0 Å². The van der Waals surface area contributed by atoms with E-state index < -0.39 is 11.4 Å². The molecule has 0 aliphatic rings. The van der Waals surface area contributed by atoms with E-state index in [-0.39, 0.29) is 5.69 Å². The van der Waals surface area contributed by atoms with E-state index in [2.05, 4.69) is 14.8 Å². The molecule has 106 valence electrons. The van der Waals surface area contributed by atoms with Gasteiger partial charge in [-0.25, -0.2) is 14.5 Å². The Kier molecular flexibility index (Phi) is 3.26. The molecule has 0 fully saturated rings. The van der Waals surface area contributed by atoms with Crippen molar-refractivity contribution in [1.82, 2.24) is 14.8 Å². The summed E-state index contributed by atoms with van der Waals surface area (Å²) in [7, 11) is 1.22. The van der Waals surface area contributed by atoms with Crippen molar-refractivity contribution in [2.45, 2.75) is 6.92 Å². The molecule has 0 atom stereocenters. The van der Waals surface area contributed by atoms with E-state index in [1.165, 1.54) is 23.1 Å². The van der Waals surface area contributed by atoms with E-state index in [1.54, 1.807) is 18.6 Å². The number of carbonyl (C=O) groups is 1. The minimum Gasteiger partial charge on any atom is -0.464 e. The number of aromatic nitrogens is 3. The summed E-state index contributed by atoms with van der Waals surface area (Å²) in [6, 6.07) is 5.61. The average Bonchev–Trinajstić information content (AvgIpc) is 2.96. The molecule has 21 heavy (non-hydrogen) atoms. The third-order valence-electron chi connectivity index (χ3n) is 3.06. The SMILES string of the molecule is COC(=O)c1nn(-c2ccc3ncsc3c2)cc(C)c1=O. The highest BCUT2D eigenvalue weighted by molar-refractivity contribution is 7.16. The highest BCUT2D eigenvalue weighted by Gasteiger charge is 2.16. The summed E-state index contributed by atoms with van der Waals surface area (Å²) in [6.07, 6.45) is 1.59. The number of rotatable bonds is 2. The molecule has 3 rings (SSSR count). The Hall–Kier alpha value is -2.54. The number of hydrogen-bond donors (Lipinski definition) is 0. The maximum absolute atomic E-state index is 11.9. The van der Waals surface area contributed by atoms with Gasteiger partial charge in [0, 0.05) is 11.8 Å². The van der Waals surface area contributed by atoms with Gasteiger partial charge >= 0.3 is 5.97 Å². The van der Waals surface area contributed by atoms with Crippen molar-refractivity contribution in [1.29, 1.82) is 0 Å². The summed E-state index contributed by atoms with van der Waals surface area (Å²) in [5.41, 5.74) is 3.20. The zero-order valence-electron chi connectivity index (χ0n) is 11.4. The van der Waals surface area contributed by atoms with Crippen LogP contribution in [0.15, 0.2) is 34.7 Å². The smallest absolute Gasteiger partial charge is 0.362 e. The Morgan fingerprint density at radius 2 is 2.19 bits per heavy atom. The van der Waals surface area contributed by atoms with Gasteiger partial charge in [-0.1, -0.05) is 0 Å². The molecule has 2 aromatic heterocycles. The lowest BCUT2D eigenvalue weighted by molar-refractivity contribution is 0.0590. The number of thiazole rings is 1. The van der Waals surface area contributed by atoms with E-state index in [4.69, 9.17) is 0 Å². The first-order valence-corrected chi connectivity index (χ1v) is 7.00. The largest absolute Gasteiger partial charge is 0.464 e. The van der Waals surface area contributed by atoms with Crippen LogP contribution < -0.4 is 5.43 Å². The molecule has 1 aromatic carbocycles. The summed E-state index contributed by atoms with van der Waals surface area (Å²) in [4.78, 5) is 27.8. The maximum Gasteiger partial charge on any atom is 0.362 e. The topological polar surface area (TPSA) is 74.1 Å². The molecule has 2 heterocycles. The molecule has 0 radical (unpaired) electrons. The number of methoxy groups -OCH3 is 1. The second-order valence-corrected chi connectivity index (χ2v) is 5.32. The third-order valence-corrected chi connectivity index (χ3v) is 3.85. The number of fused-ring (bicyclic) bond motifs is 1. The molecular formula is C14H11N3O3S. The van der Waals surface area contributed by atoms with Crippen molar-refractivity contribution in [3.05, 3.63) is 51.4 Å². The zero-order chi connectivity index (χ0) is 15.0. The monoisotopic (exact) mass is 301 g/mol. The minimum absolute atomic E-state index is 0.220. The van der Waals surface area contributed by atoms with Crippen LogP contribution in [0, 0.1) is 6.92 Å². The van der Waals surface area contributed by atoms with Gasteiger partial charge in [0.15, 0.2) is 0 Å². The average molecular weight is 301 g/mol. The van der Waals surface area contributed by atoms with Crippen LogP contribution in [0.2, 0.25) is 0 Å². The van der Waals surface area contributed by atoms with Gasteiger partial charge in [-0.05, 0) is 25.1 Å². The van der Waals surface area contributed by atoms with Gasteiger partial charge in [0.1, 0.15) is 0 Å². The second kappa shape index (κ2) is 5.10. The van der Waals surface area contributed by atoms with Crippen molar-refractivity contribution in [2.24, 2.45) is 0 Å². The number of aryl methyl sites for hydroxylation is 1. The van der Waals surface area contributed by atoms with Gasteiger partial charge in [-0.3, -0.25) is 4.79 Å². The summed E-state index contributed by atoms with van der Waals surface area (Å²) in [6.45, 7) is 1.64. The lowest BCUT2D eigenvalue weighted by Crippen LogP contribution is -2.24. The predicted octanol–water partition coefficient (Wildman–Crippen LogP) is 1.94. The standard InChI is InChI=1S/C14H11N3O3S/c1-8-6-17(16-12(13(8)18)14(19)20-2)9-3-4-10-11(5-9)21-7-15-10/h3-7H,1-2H3. The van der Waals surface area contributed by atoms with Crippen molar-refractivity contribution < 1.29 is 9.53 Å². The Labute approximate surface area is 123 Å². The molecule has 0 spiro atoms. The molecule has 7 heteroatoms. The van der Waals surface area contributed by atoms with Crippen molar-refractivity contribution >= 4 is 27.5 Å². The fourth-order valence-corrected chi connectivity index (χ4v) is 2.67. The Bertz CT molecular complexity index is 898. The van der Waals surface area contributed by atoms with E-state index in [0.29, 0.717) is 5.56 Å². The number of benzene rings is 1. The molecule has 0 amide bonds. The number of carbonyl (C=O) groups excluding carboxylic acids is 1. The lowest BCUT2D eigenvalue weighted by Gasteiger charge is -2.08. The van der Waals surface area contributed by atoms with Crippen LogP contribution in [0.25, 0.3) is 15.9 Å². The molecule has 0 aliphatic heterocycles. The second-order valence-electron chi connectivity index (χ2n) is 4.43. The number of esters is 1. The number of ether oxygens (including phenoxy) is 1. The quantitative estimate of drug-likeness (QED) is 0.676. The van der Waals surface area contributed by atoms with Gasteiger partial charge < -0.3 is 4.74 Å². The predicted molar refractivity (Wildman–Crippen MR) is 79.1 cm³/mol. The fraction of sp³-hybridized carbons (Fsp3) is 0.143. The summed E-state index contributed by atoms with van der Waals surface area (Å²) >= 11 is 1.51. The van der Waals surface area contributed by atoms with E-state index >= 15 is 0 Å². The minimum atomic E-state index is -0.740. The highest BCUT2D eigenvalue weighted by Crippen LogP contribution is 2.20. The van der Waals surface area contributed by atoms with Gasteiger partial charge in [0.2, 0.25) is 11.1 Å². The summed E-state index contributed by atoms with van der Waals surface area (Å²) in [5, 5.41) is 4.08. The van der Waals surface area contributed by atoms with E-state index in [1.807, 2.05) is 18.2 Å². The third kappa shape index (κ3) is 2.31. The van der Waals surface area contributed by atoms with Crippen LogP contribution in [-0.4, -0.2) is 27.8 Å². The maximum atomic E-state index is 11.9. The Morgan fingerprint density at radius 1 is 1.38 bits per heavy atom. The van der Waals surface area contributed by atoms with E-state index in [9.17, 15) is 9.59 Å². The van der Waals surface area contributed by atoms with Gasteiger partial charge in [-0.15, -0.1) is 11.3 Å². The summed E-state index contributed by atoms with van der Waals surface area (Å²) in [5.74, 6) is -0.740. The lowest BCUT2D eigenvalue weighted by atomic mass is 10.2. The Morgan fingerprint density at radius 3 is 2.95 bits per heavy atom. The van der Waals surface area contributed by atoms with Gasteiger partial charge in [0.05, 0.1) is 28.5 Å². The molecule has 0 unspecified atom stereocenters. The molecule has 6 nitrogen and oxygen atoms in total. The van der Waals surface area contributed by atoms with Crippen LogP contribution in [-0.2, 0) is 4.74 Å². The molecule has 3 aromatic rings. The van der Waals surface area contributed by atoms with Crippen LogP contribution >= 0.6 is 11.3 Å². The Balaban J connectivity index is 2.19. The normalized spacial score (nSPS) is 10.8. The zero-order valence-corrected chi connectivity index (χ0v) is 12.2. The number of hydrogen-bond acceptors (Lipinski definition) is 6. The van der Waals surface area contributed by atoms with Crippen LogP contribution in [0.1, 0.15) is 16.1 Å². The molecule has 0 saturated heterocycles. The first kappa shape index (κ1) is 13.4. The number of nitrogens with zero attached hydrogens (tertiary/aromatic N) is 3. The summed E-state index contributed by atoms with van der Waals surface area (Å²) < 4.78 is 7.11. The van der Waals surface area contributed by atoms with Crippen LogP contribution in [0.5, 0.6) is 0 Å². The fourth-order valence-electron chi connectivity index (χ4n) is 1.96. The first-order chi connectivity index (χ1) is 10.1. The molecule has 0 bridgehead atoms. The van der Waals surface area contributed by atoms with Gasteiger partial charge in [0.25, 0.3) is 0 Å². The first-order valence-electron chi connectivity index (χ1n) is 6.12. The molecule has 0 saturated carbocycles. The van der Waals surface area contributed by atoms with Crippen molar-refractivity contribution in [2.75, 3.05) is 7.11 Å². The van der Waals surface area contributed by atoms with Gasteiger partial charge in [-0.2, -0.15) is 5.10 Å². The van der Waals surface area contributed by atoms with E-state index in [0.717, 1.165) is 15.9 Å². The van der Waals surface area contributed by atoms with Crippen molar-refractivity contribution in [3.8, 4) is 5.69 Å². The van der Waals surface area contributed by atoms with Crippen molar-refractivity contribution in [3.63, 3.8) is 0 Å². The molecule has 0 aliphatic carbocycles. The molecule has 0 N–H and O–H groups in total. The molecular weight excluding hydrogens is 290 g/mol. The van der Waals surface area contributed by atoms with Crippen LogP contribution in [0.3, 0.4) is 0 Å².